The van der Waals surface area contributed by atoms with E-state index >= 15 is 0 Å². The minimum atomic E-state index is -0.423. The van der Waals surface area contributed by atoms with Crippen molar-refractivity contribution in [2.45, 2.75) is 10.1 Å². The lowest BCUT2D eigenvalue weighted by molar-refractivity contribution is 0.626. The monoisotopic (exact) mass is 248 g/mol. The van der Waals surface area contributed by atoms with Crippen molar-refractivity contribution in [1.29, 1.82) is 5.41 Å². The molecule has 0 bridgehead atoms. The summed E-state index contributed by atoms with van der Waals surface area (Å²) < 4.78 is 13.1. The number of nitrogen functional groups attached to an aromatic ring is 1. The normalized spacial score (nSPS) is 10.2. The summed E-state index contributed by atoms with van der Waals surface area (Å²) in [5.41, 5.74) is 5.75. The molecule has 0 aliphatic rings. The van der Waals surface area contributed by atoms with E-state index in [1.54, 1.807) is 24.5 Å². The molecule has 0 atom stereocenters. The topological polar surface area (TPSA) is 75.7 Å². The molecule has 0 fully saturated rings. The molecular formula is C11H9FN4S. The van der Waals surface area contributed by atoms with Gasteiger partial charge in [0, 0.05) is 22.9 Å². The Hall–Kier alpha value is -1.95. The second-order valence-corrected chi connectivity index (χ2v) is 4.20. The fourth-order valence-electron chi connectivity index (χ4n) is 1.24. The van der Waals surface area contributed by atoms with Crippen LogP contribution in [0.3, 0.4) is 0 Å². The van der Waals surface area contributed by atoms with Gasteiger partial charge in [0.15, 0.2) is 5.16 Å². The Bertz CT molecular complexity index is 544. The summed E-state index contributed by atoms with van der Waals surface area (Å²) in [7, 11) is 0. The number of amidine groups is 1. The number of nitrogens with zero attached hydrogens (tertiary/aromatic N) is 2. The van der Waals surface area contributed by atoms with Gasteiger partial charge in [-0.05, 0) is 36.0 Å². The van der Waals surface area contributed by atoms with Crippen molar-refractivity contribution in [3.8, 4) is 0 Å². The highest BCUT2D eigenvalue weighted by Crippen LogP contribution is 2.27. The van der Waals surface area contributed by atoms with Crippen molar-refractivity contribution in [2.75, 3.05) is 0 Å². The summed E-state index contributed by atoms with van der Waals surface area (Å²) in [5.74, 6) is -0.600. The molecule has 0 aliphatic carbocycles. The van der Waals surface area contributed by atoms with Gasteiger partial charge < -0.3 is 5.73 Å². The smallest absolute Gasteiger partial charge is 0.192 e. The lowest BCUT2D eigenvalue weighted by atomic mass is 10.2. The highest BCUT2D eigenvalue weighted by Gasteiger charge is 2.09. The first-order chi connectivity index (χ1) is 8.16. The van der Waals surface area contributed by atoms with Gasteiger partial charge in [-0.3, -0.25) is 5.41 Å². The van der Waals surface area contributed by atoms with Crippen LogP contribution in [0.4, 0.5) is 4.39 Å². The average Bonchev–Trinajstić information content (AvgIpc) is 2.32. The van der Waals surface area contributed by atoms with Crippen molar-refractivity contribution in [3.63, 3.8) is 0 Å². The molecule has 3 N–H and O–H groups in total. The SMILES string of the molecule is N=C(N)c1cc(F)ccc1Sc1ncccn1. The molecule has 0 radical (unpaired) electrons. The molecule has 0 amide bonds. The van der Waals surface area contributed by atoms with E-state index in [-0.39, 0.29) is 5.84 Å². The predicted molar refractivity (Wildman–Crippen MR) is 63.6 cm³/mol. The van der Waals surface area contributed by atoms with Gasteiger partial charge in [-0.2, -0.15) is 0 Å². The third-order valence-corrected chi connectivity index (χ3v) is 2.94. The van der Waals surface area contributed by atoms with E-state index in [0.29, 0.717) is 15.6 Å². The minimum Gasteiger partial charge on any atom is -0.384 e. The number of hydrogen-bond donors (Lipinski definition) is 2. The number of halogens is 1. The number of rotatable bonds is 3. The van der Waals surface area contributed by atoms with Gasteiger partial charge in [0.1, 0.15) is 11.7 Å². The number of hydrogen-bond acceptors (Lipinski definition) is 4. The first-order valence-electron chi connectivity index (χ1n) is 4.75. The molecule has 0 saturated carbocycles. The predicted octanol–water partition coefficient (Wildman–Crippen LogP) is 2.05. The average molecular weight is 248 g/mol. The van der Waals surface area contributed by atoms with E-state index in [4.69, 9.17) is 11.1 Å². The maximum Gasteiger partial charge on any atom is 0.192 e. The lowest BCUT2D eigenvalue weighted by Crippen LogP contribution is -2.12. The molecule has 4 nitrogen and oxygen atoms in total. The number of benzene rings is 1. The molecule has 2 aromatic rings. The van der Waals surface area contributed by atoms with Gasteiger partial charge in [0.25, 0.3) is 0 Å². The molecule has 1 aromatic heterocycles. The molecule has 0 unspecified atom stereocenters. The zero-order valence-corrected chi connectivity index (χ0v) is 9.54. The highest BCUT2D eigenvalue weighted by atomic mass is 32.2. The van der Waals surface area contributed by atoms with E-state index < -0.39 is 5.82 Å². The zero-order chi connectivity index (χ0) is 12.3. The Morgan fingerprint density at radius 3 is 2.65 bits per heavy atom. The van der Waals surface area contributed by atoms with E-state index in [9.17, 15) is 4.39 Å². The molecule has 2 rings (SSSR count). The molecule has 86 valence electrons. The largest absolute Gasteiger partial charge is 0.384 e. The van der Waals surface area contributed by atoms with E-state index in [1.807, 2.05) is 0 Å². The van der Waals surface area contributed by atoms with Gasteiger partial charge in [0.05, 0.1) is 0 Å². The van der Waals surface area contributed by atoms with Gasteiger partial charge >= 0.3 is 0 Å². The first-order valence-corrected chi connectivity index (χ1v) is 5.57. The summed E-state index contributed by atoms with van der Waals surface area (Å²) in [6, 6.07) is 5.82. The molecule has 0 spiro atoms. The molecule has 0 aliphatic heterocycles. The molecule has 17 heavy (non-hydrogen) atoms. The summed E-state index contributed by atoms with van der Waals surface area (Å²) in [6.07, 6.45) is 3.23. The summed E-state index contributed by atoms with van der Waals surface area (Å²) >= 11 is 1.24. The number of nitrogens with one attached hydrogen (secondary N) is 1. The first kappa shape index (κ1) is 11.5. The zero-order valence-electron chi connectivity index (χ0n) is 8.72. The second-order valence-electron chi connectivity index (χ2n) is 3.19. The van der Waals surface area contributed by atoms with E-state index in [2.05, 4.69) is 9.97 Å². The van der Waals surface area contributed by atoms with Crippen LogP contribution in [0.5, 0.6) is 0 Å². The highest BCUT2D eigenvalue weighted by molar-refractivity contribution is 7.99. The van der Waals surface area contributed by atoms with Crippen LogP contribution < -0.4 is 5.73 Å². The Kier molecular flexibility index (Phi) is 3.34. The van der Waals surface area contributed by atoms with Crippen molar-refractivity contribution in [1.82, 2.24) is 9.97 Å². The molecule has 0 saturated heterocycles. The van der Waals surface area contributed by atoms with Crippen LogP contribution in [-0.4, -0.2) is 15.8 Å². The number of aromatic nitrogens is 2. The summed E-state index contributed by atoms with van der Waals surface area (Å²) in [5, 5.41) is 7.92. The minimum absolute atomic E-state index is 0.178. The Labute approximate surface area is 102 Å². The molecule has 1 heterocycles. The standard InChI is InChI=1S/C11H9FN4S/c12-7-2-3-9(8(6-7)10(13)14)17-11-15-4-1-5-16-11/h1-6H,(H3,13,14). The van der Waals surface area contributed by atoms with Crippen molar-refractivity contribution in [3.05, 3.63) is 48.0 Å². The molecule has 6 heteroatoms. The van der Waals surface area contributed by atoms with Crippen LogP contribution in [0.1, 0.15) is 5.56 Å². The maximum atomic E-state index is 13.1. The van der Waals surface area contributed by atoms with E-state index in [1.165, 1.54) is 23.9 Å². The lowest BCUT2D eigenvalue weighted by Gasteiger charge is -2.06. The Balaban J connectivity index is 2.36. The Morgan fingerprint density at radius 2 is 2.00 bits per heavy atom. The van der Waals surface area contributed by atoms with Crippen LogP contribution in [0.2, 0.25) is 0 Å². The third kappa shape index (κ3) is 2.79. The van der Waals surface area contributed by atoms with Crippen LogP contribution >= 0.6 is 11.8 Å². The van der Waals surface area contributed by atoms with Crippen LogP contribution in [0.25, 0.3) is 0 Å². The van der Waals surface area contributed by atoms with Crippen molar-refractivity contribution < 1.29 is 4.39 Å². The third-order valence-electron chi connectivity index (χ3n) is 1.98. The molecule has 1 aromatic carbocycles. The van der Waals surface area contributed by atoms with Gasteiger partial charge in [-0.25, -0.2) is 14.4 Å². The molecular weight excluding hydrogens is 239 g/mol. The number of nitrogens with two attached hydrogens (primary N) is 1. The summed E-state index contributed by atoms with van der Waals surface area (Å²) in [6.45, 7) is 0. The van der Waals surface area contributed by atoms with Crippen molar-refractivity contribution >= 4 is 17.6 Å². The second kappa shape index (κ2) is 4.92. The fraction of sp³-hybridized carbons (Fsp3) is 0. The van der Waals surface area contributed by atoms with Crippen LogP contribution in [0.15, 0.2) is 46.7 Å². The van der Waals surface area contributed by atoms with Crippen LogP contribution in [0, 0.1) is 11.2 Å². The van der Waals surface area contributed by atoms with E-state index in [0.717, 1.165) is 0 Å². The van der Waals surface area contributed by atoms with Gasteiger partial charge in [-0.1, -0.05) is 0 Å². The Morgan fingerprint density at radius 1 is 1.29 bits per heavy atom. The maximum absolute atomic E-state index is 13.1. The van der Waals surface area contributed by atoms with Gasteiger partial charge in [0.2, 0.25) is 0 Å². The summed E-state index contributed by atoms with van der Waals surface area (Å²) in [4.78, 5) is 8.74. The van der Waals surface area contributed by atoms with Gasteiger partial charge in [-0.15, -0.1) is 0 Å². The van der Waals surface area contributed by atoms with Crippen LogP contribution in [-0.2, 0) is 0 Å². The quantitative estimate of drug-likeness (QED) is 0.495. The fourth-order valence-corrected chi connectivity index (χ4v) is 2.08. The van der Waals surface area contributed by atoms with Crippen molar-refractivity contribution in [2.24, 2.45) is 5.73 Å².